The van der Waals surface area contributed by atoms with Crippen LogP contribution >= 0.6 is 11.3 Å². The maximum atomic E-state index is 14.3. The Morgan fingerprint density at radius 2 is 1.55 bits per heavy atom. The highest BCUT2D eigenvalue weighted by molar-refractivity contribution is 7.25. The minimum absolute atomic E-state index is 0.0519. The molecule has 0 unspecified atom stereocenters. The SMILES string of the molecule is CCc1ccc2c(sc3c(F)c(OC(F)(F)F)ccc32)c1F. The molecular formula is C15H9F5OS. The van der Waals surface area contributed by atoms with Crippen molar-refractivity contribution in [3.63, 3.8) is 0 Å². The lowest BCUT2D eigenvalue weighted by molar-refractivity contribution is -0.275. The summed E-state index contributed by atoms with van der Waals surface area (Å²) in [7, 11) is 0. The number of thiophene rings is 1. The molecule has 3 aromatic rings. The molecule has 22 heavy (non-hydrogen) atoms. The molecule has 0 saturated carbocycles. The molecule has 0 saturated heterocycles. The molecule has 1 aromatic heterocycles. The van der Waals surface area contributed by atoms with E-state index >= 15 is 0 Å². The van der Waals surface area contributed by atoms with E-state index in [0.717, 1.165) is 17.4 Å². The molecule has 0 fully saturated rings. The zero-order valence-electron chi connectivity index (χ0n) is 11.2. The van der Waals surface area contributed by atoms with Crippen LogP contribution in [0.25, 0.3) is 20.2 Å². The Labute approximate surface area is 125 Å². The van der Waals surface area contributed by atoms with Crippen molar-refractivity contribution in [1.82, 2.24) is 0 Å². The molecule has 1 nitrogen and oxygen atoms in total. The Hall–Kier alpha value is -1.89. The van der Waals surface area contributed by atoms with Crippen molar-refractivity contribution >= 4 is 31.5 Å². The van der Waals surface area contributed by atoms with E-state index in [1.54, 1.807) is 19.1 Å². The van der Waals surface area contributed by atoms with Gasteiger partial charge in [-0.1, -0.05) is 19.1 Å². The second-order valence-electron chi connectivity index (χ2n) is 4.67. The molecule has 0 N–H and O–H groups in total. The van der Waals surface area contributed by atoms with E-state index in [9.17, 15) is 22.0 Å². The summed E-state index contributed by atoms with van der Waals surface area (Å²) in [5.41, 5.74) is 0.478. The number of alkyl halides is 3. The van der Waals surface area contributed by atoms with Crippen LogP contribution in [0.5, 0.6) is 5.75 Å². The minimum atomic E-state index is -4.98. The van der Waals surface area contributed by atoms with Crippen LogP contribution < -0.4 is 4.74 Å². The van der Waals surface area contributed by atoms with E-state index in [4.69, 9.17) is 0 Å². The van der Waals surface area contributed by atoms with Crippen molar-refractivity contribution in [2.24, 2.45) is 0 Å². The van der Waals surface area contributed by atoms with Crippen molar-refractivity contribution in [2.75, 3.05) is 0 Å². The molecule has 0 bridgehead atoms. The molecule has 2 aromatic carbocycles. The normalized spacial score (nSPS) is 12.3. The molecule has 3 rings (SSSR count). The van der Waals surface area contributed by atoms with Gasteiger partial charge in [0, 0.05) is 10.8 Å². The topological polar surface area (TPSA) is 9.23 Å². The van der Waals surface area contributed by atoms with Gasteiger partial charge in [-0.05, 0) is 24.1 Å². The maximum Gasteiger partial charge on any atom is 0.573 e. The summed E-state index contributed by atoms with van der Waals surface area (Å²) < 4.78 is 69.1. The molecule has 0 aliphatic rings. The van der Waals surface area contributed by atoms with Gasteiger partial charge in [0.15, 0.2) is 11.6 Å². The fraction of sp³-hybridized carbons (Fsp3) is 0.200. The second kappa shape index (κ2) is 5.08. The van der Waals surface area contributed by atoms with Gasteiger partial charge in [0.2, 0.25) is 0 Å². The average Bonchev–Trinajstić information content (AvgIpc) is 2.82. The molecule has 0 atom stereocenters. The number of benzene rings is 2. The second-order valence-corrected chi connectivity index (χ2v) is 5.69. The lowest BCUT2D eigenvalue weighted by Gasteiger charge is -2.09. The zero-order valence-corrected chi connectivity index (χ0v) is 12.0. The van der Waals surface area contributed by atoms with E-state index in [0.29, 0.717) is 22.8 Å². The van der Waals surface area contributed by atoms with Crippen molar-refractivity contribution < 1.29 is 26.7 Å². The minimum Gasteiger partial charge on any atom is -0.403 e. The van der Waals surface area contributed by atoms with Gasteiger partial charge < -0.3 is 4.74 Å². The van der Waals surface area contributed by atoms with Crippen LogP contribution in [0, 0.1) is 11.6 Å². The Morgan fingerprint density at radius 1 is 0.955 bits per heavy atom. The van der Waals surface area contributed by atoms with E-state index in [2.05, 4.69) is 4.74 Å². The Balaban J connectivity index is 2.27. The first-order valence-corrected chi connectivity index (χ1v) is 7.21. The van der Waals surface area contributed by atoms with Crippen molar-refractivity contribution in [3.05, 3.63) is 41.5 Å². The van der Waals surface area contributed by atoms with Crippen LogP contribution in [0.4, 0.5) is 22.0 Å². The summed E-state index contributed by atoms with van der Waals surface area (Å²) >= 11 is 0.787. The van der Waals surface area contributed by atoms with Gasteiger partial charge in [-0.3, -0.25) is 0 Å². The molecule has 0 spiro atoms. The lowest BCUT2D eigenvalue weighted by atomic mass is 10.1. The predicted octanol–water partition coefficient (Wildman–Crippen LogP) is 5.79. The van der Waals surface area contributed by atoms with Crippen molar-refractivity contribution in [2.45, 2.75) is 19.7 Å². The van der Waals surface area contributed by atoms with Gasteiger partial charge in [0.05, 0.1) is 9.40 Å². The van der Waals surface area contributed by atoms with Crippen LogP contribution in [0.15, 0.2) is 24.3 Å². The fourth-order valence-electron chi connectivity index (χ4n) is 2.34. The van der Waals surface area contributed by atoms with Gasteiger partial charge in [0.25, 0.3) is 0 Å². The highest BCUT2D eigenvalue weighted by atomic mass is 32.1. The highest BCUT2D eigenvalue weighted by Gasteiger charge is 2.33. The number of hydrogen-bond acceptors (Lipinski definition) is 2. The summed E-state index contributed by atoms with van der Waals surface area (Å²) in [5, 5.41) is 0.848. The van der Waals surface area contributed by atoms with Gasteiger partial charge in [-0.2, -0.15) is 0 Å². The number of aryl methyl sites for hydroxylation is 1. The van der Waals surface area contributed by atoms with E-state index in [-0.39, 0.29) is 9.40 Å². The summed E-state index contributed by atoms with van der Waals surface area (Å²) in [6.45, 7) is 1.79. The van der Waals surface area contributed by atoms with Crippen molar-refractivity contribution in [1.29, 1.82) is 0 Å². The summed E-state index contributed by atoms with van der Waals surface area (Å²) in [5.74, 6) is -2.50. The monoisotopic (exact) mass is 332 g/mol. The first kappa shape index (κ1) is 15.0. The first-order valence-electron chi connectivity index (χ1n) is 6.39. The molecule has 1 heterocycles. The Kier molecular flexibility index (Phi) is 3.47. The number of ether oxygens (including phenoxy) is 1. The first-order chi connectivity index (χ1) is 10.3. The van der Waals surface area contributed by atoms with Gasteiger partial charge in [0.1, 0.15) is 5.82 Å². The predicted molar refractivity (Wildman–Crippen MR) is 75.3 cm³/mol. The van der Waals surface area contributed by atoms with Crippen molar-refractivity contribution in [3.8, 4) is 5.75 Å². The summed E-state index contributed by atoms with van der Waals surface area (Å²) in [4.78, 5) is 0. The fourth-order valence-corrected chi connectivity index (χ4v) is 3.53. The van der Waals surface area contributed by atoms with Crippen LogP contribution in [0.2, 0.25) is 0 Å². The van der Waals surface area contributed by atoms with Gasteiger partial charge >= 0.3 is 6.36 Å². The summed E-state index contributed by atoms with van der Waals surface area (Å²) in [6.07, 6.45) is -4.51. The van der Waals surface area contributed by atoms with Crippen LogP contribution in [0.3, 0.4) is 0 Å². The Bertz CT molecular complexity index is 866. The standard InChI is InChI=1S/C15H9F5OS/c1-2-7-3-4-8-9-5-6-10(21-15(18,19)20)12(17)14(9)22-13(8)11(7)16/h3-6H,2H2,1H3. The third-order valence-corrected chi connectivity index (χ3v) is 4.55. The number of hydrogen-bond donors (Lipinski definition) is 0. The Morgan fingerprint density at radius 3 is 2.14 bits per heavy atom. The third-order valence-electron chi connectivity index (χ3n) is 3.34. The van der Waals surface area contributed by atoms with E-state index < -0.39 is 23.7 Å². The average molecular weight is 332 g/mol. The van der Waals surface area contributed by atoms with E-state index in [1.807, 2.05) is 0 Å². The molecule has 0 aliphatic heterocycles. The molecule has 7 heteroatoms. The summed E-state index contributed by atoms with van der Waals surface area (Å²) in [6, 6.07) is 5.47. The lowest BCUT2D eigenvalue weighted by Crippen LogP contribution is -2.17. The van der Waals surface area contributed by atoms with Gasteiger partial charge in [-0.15, -0.1) is 24.5 Å². The quantitative estimate of drug-likeness (QED) is 0.539. The number of fused-ring (bicyclic) bond motifs is 3. The number of rotatable bonds is 2. The van der Waals surface area contributed by atoms with Crippen LogP contribution in [-0.4, -0.2) is 6.36 Å². The molecule has 0 radical (unpaired) electrons. The van der Waals surface area contributed by atoms with Crippen LogP contribution in [0.1, 0.15) is 12.5 Å². The van der Waals surface area contributed by atoms with Crippen LogP contribution in [-0.2, 0) is 6.42 Å². The molecule has 116 valence electrons. The smallest absolute Gasteiger partial charge is 0.403 e. The molecule has 0 aliphatic carbocycles. The molecular weight excluding hydrogens is 323 g/mol. The van der Waals surface area contributed by atoms with Gasteiger partial charge in [-0.25, -0.2) is 8.78 Å². The van der Waals surface area contributed by atoms with E-state index in [1.165, 1.54) is 6.07 Å². The number of halogens is 5. The third kappa shape index (κ3) is 2.39. The zero-order chi connectivity index (χ0) is 16.1. The largest absolute Gasteiger partial charge is 0.573 e. The maximum absolute atomic E-state index is 14.3. The molecule has 0 amide bonds. The highest BCUT2D eigenvalue weighted by Crippen LogP contribution is 2.41.